The van der Waals surface area contributed by atoms with Crippen molar-refractivity contribution in [3.63, 3.8) is 0 Å². The summed E-state index contributed by atoms with van der Waals surface area (Å²) in [5.74, 6) is 0. The van der Waals surface area contributed by atoms with Gasteiger partial charge in [-0.1, -0.05) is 37.3 Å². The summed E-state index contributed by atoms with van der Waals surface area (Å²) in [5.41, 5.74) is 4.06. The zero-order valence-corrected chi connectivity index (χ0v) is 13.6. The largest absolute Gasteiger partial charge is 0.308 e. The normalized spacial score (nSPS) is 19.5. The average Bonchev–Trinajstić information content (AvgIpc) is 2.90. The molecule has 3 rings (SSSR count). The first-order chi connectivity index (χ1) is 10.8. The molecule has 22 heavy (non-hydrogen) atoms. The fraction of sp³-hybridized carbons (Fsp3) is 0.500. The van der Waals surface area contributed by atoms with Crippen LogP contribution in [0, 0.1) is 6.92 Å². The molecule has 2 heterocycles. The van der Waals surface area contributed by atoms with Gasteiger partial charge in [0, 0.05) is 50.0 Å². The third kappa shape index (κ3) is 3.39. The maximum Gasteiger partial charge on any atom is 0.0537 e. The van der Waals surface area contributed by atoms with E-state index in [2.05, 4.69) is 64.2 Å². The fourth-order valence-electron chi connectivity index (χ4n) is 3.18. The van der Waals surface area contributed by atoms with Gasteiger partial charge in [-0.15, -0.1) is 0 Å². The Morgan fingerprint density at radius 3 is 2.86 bits per heavy atom. The summed E-state index contributed by atoms with van der Waals surface area (Å²) in [6.07, 6.45) is 3.18. The molecule has 1 aromatic carbocycles. The first-order valence-electron chi connectivity index (χ1n) is 8.30. The van der Waals surface area contributed by atoms with Crippen LogP contribution in [0.4, 0.5) is 0 Å². The van der Waals surface area contributed by atoms with Gasteiger partial charge in [-0.2, -0.15) is 5.10 Å². The Balaban J connectivity index is 1.65. The van der Waals surface area contributed by atoms with Crippen molar-refractivity contribution in [2.75, 3.05) is 19.6 Å². The average molecular weight is 298 g/mol. The highest BCUT2D eigenvalue weighted by atomic mass is 15.3. The van der Waals surface area contributed by atoms with E-state index in [0.29, 0.717) is 6.04 Å². The van der Waals surface area contributed by atoms with Gasteiger partial charge in [-0.05, 0) is 18.9 Å². The van der Waals surface area contributed by atoms with E-state index in [1.165, 1.54) is 16.8 Å². The Labute approximate surface area is 133 Å². The Kier molecular flexibility index (Phi) is 4.90. The lowest BCUT2D eigenvalue weighted by atomic mass is 10.0. The molecule has 2 aromatic rings. The highest BCUT2D eigenvalue weighted by molar-refractivity contribution is 5.20. The van der Waals surface area contributed by atoms with E-state index in [4.69, 9.17) is 0 Å². The van der Waals surface area contributed by atoms with Crippen LogP contribution in [0.1, 0.15) is 36.2 Å². The van der Waals surface area contributed by atoms with Gasteiger partial charge in [0.15, 0.2) is 0 Å². The monoisotopic (exact) mass is 298 g/mol. The van der Waals surface area contributed by atoms with Crippen molar-refractivity contribution < 1.29 is 0 Å². The molecule has 0 saturated carbocycles. The Hall–Kier alpha value is -1.65. The second-order valence-electron chi connectivity index (χ2n) is 6.13. The molecule has 1 aliphatic rings. The van der Waals surface area contributed by atoms with Gasteiger partial charge in [0.1, 0.15) is 0 Å². The van der Waals surface area contributed by atoms with E-state index in [9.17, 15) is 0 Å². The lowest BCUT2D eigenvalue weighted by molar-refractivity contribution is 0.193. The van der Waals surface area contributed by atoms with Crippen molar-refractivity contribution in [1.29, 1.82) is 0 Å². The molecule has 1 aliphatic heterocycles. The second kappa shape index (κ2) is 7.07. The smallest absolute Gasteiger partial charge is 0.0537 e. The standard InChI is InChI=1S/C18H26N4/c1-3-10-22-15(2)17(12-20-22)13-21-11-9-19-18(14-21)16-7-5-4-6-8-16/h4-8,12,18-19H,3,9-11,13-14H2,1-2H3. The lowest BCUT2D eigenvalue weighted by Crippen LogP contribution is -2.45. The van der Waals surface area contributed by atoms with Crippen LogP contribution in [0.15, 0.2) is 36.5 Å². The number of aromatic nitrogens is 2. The number of piperazine rings is 1. The highest BCUT2D eigenvalue weighted by Crippen LogP contribution is 2.19. The summed E-state index contributed by atoms with van der Waals surface area (Å²) >= 11 is 0. The third-order valence-corrected chi connectivity index (χ3v) is 4.50. The molecular formula is C18H26N4. The summed E-state index contributed by atoms with van der Waals surface area (Å²) < 4.78 is 2.13. The molecule has 4 nitrogen and oxygen atoms in total. The van der Waals surface area contributed by atoms with E-state index in [-0.39, 0.29) is 0 Å². The van der Waals surface area contributed by atoms with Crippen LogP contribution in [-0.2, 0) is 13.1 Å². The van der Waals surface area contributed by atoms with Crippen LogP contribution in [0.2, 0.25) is 0 Å². The molecule has 0 radical (unpaired) electrons. The van der Waals surface area contributed by atoms with Crippen LogP contribution in [-0.4, -0.2) is 34.3 Å². The van der Waals surface area contributed by atoms with E-state index >= 15 is 0 Å². The van der Waals surface area contributed by atoms with Gasteiger partial charge in [0.05, 0.1) is 6.20 Å². The van der Waals surface area contributed by atoms with Crippen LogP contribution in [0.3, 0.4) is 0 Å². The van der Waals surface area contributed by atoms with Gasteiger partial charge in [0.25, 0.3) is 0 Å². The third-order valence-electron chi connectivity index (χ3n) is 4.50. The lowest BCUT2D eigenvalue weighted by Gasteiger charge is -2.34. The number of rotatable bonds is 5. The van der Waals surface area contributed by atoms with Crippen LogP contribution in [0.25, 0.3) is 0 Å². The molecule has 0 aliphatic carbocycles. The molecule has 1 fully saturated rings. The van der Waals surface area contributed by atoms with Crippen molar-refractivity contribution in [3.8, 4) is 0 Å². The summed E-state index contributed by atoms with van der Waals surface area (Å²) in [7, 11) is 0. The van der Waals surface area contributed by atoms with Crippen molar-refractivity contribution in [3.05, 3.63) is 53.3 Å². The van der Waals surface area contributed by atoms with E-state index in [1.54, 1.807) is 0 Å². The predicted octanol–water partition coefficient (Wildman–Crippen LogP) is 2.75. The molecule has 1 N–H and O–H groups in total. The van der Waals surface area contributed by atoms with E-state index < -0.39 is 0 Å². The fourth-order valence-corrected chi connectivity index (χ4v) is 3.18. The number of hydrogen-bond donors (Lipinski definition) is 1. The minimum Gasteiger partial charge on any atom is -0.308 e. The molecule has 0 spiro atoms. The molecule has 0 amide bonds. The van der Waals surface area contributed by atoms with Crippen molar-refractivity contribution in [1.82, 2.24) is 20.0 Å². The van der Waals surface area contributed by atoms with Crippen molar-refractivity contribution >= 4 is 0 Å². The number of nitrogens with one attached hydrogen (secondary N) is 1. The number of hydrogen-bond acceptors (Lipinski definition) is 3. The zero-order chi connectivity index (χ0) is 15.4. The number of aryl methyl sites for hydroxylation is 1. The first-order valence-corrected chi connectivity index (χ1v) is 8.30. The van der Waals surface area contributed by atoms with E-state index in [1.807, 2.05) is 6.20 Å². The van der Waals surface area contributed by atoms with Crippen LogP contribution in [0.5, 0.6) is 0 Å². The SMILES string of the molecule is CCCn1ncc(CN2CCNC(c3ccccc3)C2)c1C. The molecule has 1 aromatic heterocycles. The summed E-state index contributed by atoms with van der Waals surface area (Å²) in [6, 6.07) is 11.2. The van der Waals surface area contributed by atoms with Crippen molar-refractivity contribution in [2.24, 2.45) is 0 Å². The Morgan fingerprint density at radius 2 is 2.09 bits per heavy atom. The molecule has 1 saturated heterocycles. The predicted molar refractivity (Wildman–Crippen MR) is 89.7 cm³/mol. The molecule has 1 atom stereocenters. The van der Waals surface area contributed by atoms with Gasteiger partial charge in [-0.3, -0.25) is 9.58 Å². The topological polar surface area (TPSA) is 33.1 Å². The molecule has 1 unspecified atom stereocenters. The Bertz CT molecular complexity index is 590. The quantitative estimate of drug-likeness (QED) is 0.921. The first kappa shape index (κ1) is 15.3. The molecular weight excluding hydrogens is 272 g/mol. The summed E-state index contributed by atoms with van der Waals surface area (Å²) in [6.45, 7) is 9.60. The highest BCUT2D eigenvalue weighted by Gasteiger charge is 2.21. The van der Waals surface area contributed by atoms with E-state index in [0.717, 1.165) is 39.1 Å². The van der Waals surface area contributed by atoms with Gasteiger partial charge >= 0.3 is 0 Å². The Morgan fingerprint density at radius 1 is 1.27 bits per heavy atom. The molecule has 0 bridgehead atoms. The van der Waals surface area contributed by atoms with Gasteiger partial charge < -0.3 is 5.32 Å². The maximum atomic E-state index is 4.52. The van der Waals surface area contributed by atoms with Gasteiger partial charge in [-0.25, -0.2) is 0 Å². The summed E-state index contributed by atoms with van der Waals surface area (Å²) in [4.78, 5) is 2.54. The minimum atomic E-state index is 0.431. The number of benzene rings is 1. The molecule has 4 heteroatoms. The van der Waals surface area contributed by atoms with Crippen LogP contribution < -0.4 is 5.32 Å². The van der Waals surface area contributed by atoms with Gasteiger partial charge in [0.2, 0.25) is 0 Å². The molecule has 118 valence electrons. The zero-order valence-electron chi connectivity index (χ0n) is 13.6. The second-order valence-corrected chi connectivity index (χ2v) is 6.13. The van der Waals surface area contributed by atoms with Crippen LogP contribution >= 0.6 is 0 Å². The minimum absolute atomic E-state index is 0.431. The maximum absolute atomic E-state index is 4.52. The summed E-state index contributed by atoms with van der Waals surface area (Å²) in [5, 5.41) is 8.15. The van der Waals surface area contributed by atoms with Crippen molar-refractivity contribution in [2.45, 2.75) is 39.4 Å². The number of nitrogens with zero attached hydrogens (tertiary/aromatic N) is 3.